The van der Waals surface area contributed by atoms with Crippen molar-refractivity contribution < 1.29 is 13.9 Å². The van der Waals surface area contributed by atoms with Gasteiger partial charge in [0.05, 0.1) is 17.1 Å². The fourth-order valence-electron chi connectivity index (χ4n) is 4.53. The van der Waals surface area contributed by atoms with Crippen molar-refractivity contribution in [3.8, 4) is 5.75 Å². The molecule has 1 fully saturated rings. The molecule has 0 bridgehead atoms. The number of fused-ring (bicyclic) bond motifs is 1. The van der Waals surface area contributed by atoms with Gasteiger partial charge in [-0.25, -0.2) is 9.37 Å². The van der Waals surface area contributed by atoms with Crippen LogP contribution in [-0.2, 0) is 4.79 Å². The smallest absolute Gasteiger partial charge is 0.282 e. The van der Waals surface area contributed by atoms with E-state index in [9.17, 15) is 14.0 Å². The summed E-state index contributed by atoms with van der Waals surface area (Å²) in [5.41, 5.74) is 1.80. The molecule has 0 unspecified atom stereocenters. The van der Waals surface area contributed by atoms with Crippen LogP contribution in [0.1, 0.15) is 49.4 Å². The Morgan fingerprint density at radius 1 is 1.03 bits per heavy atom. The molecule has 1 heterocycles. The van der Waals surface area contributed by atoms with Crippen LogP contribution >= 0.6 is 0 Å². The third kappa shape index (κ3) is 5.91. The van der Waals surface area contributed by atoms with Gasteiger partial charge < -0.3 is 10.1 Å². The second kappa shape index (κ2) is 11.2. The lowest BCUT2D eigenvalue weighted by molar-refractivity contribution is -0.118. The van der Waals surface area contributed by atoms with E-state index in [1.54, 1.807) is 36.5 Å². The molecule has 1 saturated carbocycles. The van der Waals surface area contributed by atoms with Gasteiger partial charge in [0.1, 0.15) is 17.4 Å². The Balaban J connectivity index is 1.29. The maximum atomic E-state index is 13.3. The Kier molecular flexibility index (Phi) is 7.35. The van der Waals surface area contributed by atoms with Gasteiger partial charge in [-0.15, -0.1) is 0 Å². The molecule has 1 aliphatic rings. The van der Waals surface area contributed by atoms with E-state index < -0.39 is 0 Å². The van der Waals surface area contributed by atoms with E-state index in [2.05, 4.69) is 10.4 Å². The van der Waals surface area contributed by atoms with Crippen molar-refractivity contribution in [2.24, 2.45) is 5.10 Å². The maximum Gasteiger partial charge on any atom is 0.282 e. The third-order valence-electron chi connectivity index (χ3n) is 6.45. The predicted molar refractivity (Wildman–Crippen MR) is 142 cm³/mol. The Hall–Kier alpha value is -4.33. The van der Waals surface area contributed by atoms with Crippen molar-refractivity contribution in [1.82, 2.24) is 9.66 Å². The highest BCUT2D eigenvalue weighted by atomic mass is 19.1. The lowest BCUT2D eigenvalue weighted by Gasteiger charge is -2.22. The highest BCUT2D eigenvalue weighted by molar-refractivity contribution is 5.91. The zero-order chi connectivity index (χ0) is 25.6. The molecule has 8 heteroatoms. The Labute approximate surface area is 213 Å². The van der Waals surface area contributed by atoms with Gasteiger partial charge >= 0.3 is 0 Å². The first-order chi connectivity index (χ1) is 18.1. The van der Waals surface area contributed by atoms with Crippen LogP contribution in [0.4, 0.5) is 10.1 Å². The summed E-state index contributed by atoms with van der Waals surface area (Å²) in [4.78, 5) is 30.2. The van der Waals surface area contributed by atoms with Gasteiger partial charge in [-0.05, 0) is 79.1 Å². The zero-order valence-corrected chi connectivity index (χ0v) is 20.3. The van der Waals surface area contributed by atoms with Crippen molar-refractivity contribution >= 4 is 28.7 Å². The van der Waals surface area contributed by atoms with Gasteiger partial charge in [0.15, 0.2) is 6.61 Å². The van der Waals surface area contributed by atoms with E-state index in [1.165, 1.54) is 35.4 Å². The molecule has 1 aliphatic carbocycles. The van der Waals surface area contributed by atoms with Crippen LogP contribution in [0, 0.1) is 5.82 Å². The number of halogens is 1. The fourth-order valence-corrected chi connectivity index (χ4v) is 4.53. The average molecular weight is 499 g/mol. The highest BCUT2D eigenvalue weighted by Crippen LogP contribution is 2.31. The molecule has 0 saturated heterocycles. The molecule has 0 spiro atoms. The Morgan fingerprint density at radius 2 is 1.76 bits per heavy atom. The molecule has 1 amide bonds. The normalized spacial score (nSPS) is 14.2. The number of anilines is 1. The molecule has 37 heavy (non-hydrogen) atoms. The molecule has 0 aliphatic heterocycles. The van der Waals surface area contributed by atoms with Crippen molar-refractivity contribution in [3.63, 3.8) is 0 Å². The fraction of sp³-hybridized carbons (Fsp3) is 0.241. The number of hydrogen-bond acceptors (Lipinski definition) is 5. The van der Waals surface area contributed by atoms with E-state index in [1.807, 2.05) is 18.2 Å². The summed E-state index contributed by atoms with van der Waals surface area (Å²) in [6, 6.07) is 20.0. The number of rotatable bonds is 7. The molecular weight excluding hydrogens is 471 g/mol. The first-order valence-corrected chi connectivity index (χ1v) is 12.4. The average Bonchev–Trinajstić information content (AvgIpc) is 2.94. The Bertz CT molecular complexity index is 1470. The molecule has 0 atom stereocenters. The van der Waals surface area contributed by atoms with Crippen LogP contribution in [-0.4, -0.2) is 28.4 Å². The summed E-state index contributed by atoms with van der Waals surface area (Å²) in [5.74, 6) is 0.714. The van der Waals surface area contributed by atoms with Gasteiger partial charge in [-0.3, -0.25) is 9.59 Å². The first-order valence-electron chi connectivity index (χ1n) is 12.4. The summed E-state index contributed by atoms with van der Waals surface area (Å²) in [6.45, 7) is -0.187. The number of amides is 1. The molecule has 7 nitrogen and oxygen atoms in total. The van der Waals surface area contributed by atoms with Crippen LogP contribution in [0.5, 0.6) is 5.75 Å². The number of benzene rings is 3. The number of carbonyl (C=O) groups excluding carboxylic acids is 1. The van der Waals surface area contributed by atoms with E-state index in [-0.39, 0.29) is 29.8 Å². The lowest BCUT2D eigenvalue weighted by atomic mass is 9.88. The van der Waals surface area contributed by atoms with E-state index in [0.717, 1.165) is 31.2 Å². The molecular formula is C29H27FN4O3. The van der Waals surface area contributed by atoms with Crippen molar-refractivity contribution in [3.05, 3.63) is 100 Å². The van der Waals surface area contributed by atoms with Gasteiger partial charge in [0.2, 0.25) is 0 Å². The molecule has 0 radical (unpaired) electrons. The summed E-state index contributed by atoms with van der Waals surface area (Å²) in [6.07, 6.45) is 7.10. The minimum absolute atomic E-state index is 0.172. The van der Waals surface area contributed by atoms with Gasteiger partial charge in [0.25, 0.3) is 11.5 Å². The molecule has 3 aromatic carbocycles. The second-order valence-electron chi connectivity index (χ2n) is 9.10. The van der Waals surface area contributed by atoms with Crippen molar-refractivity contribution in [2.75, 3.05) is 11.9 Å². The molecule has 1 aromatic heterocycles. The topological polar surface area (TPSA) is 85.6 Å². The summed E-state index contributed by atoms with van der Waals surface area (Å²) in [5, 5.41) is 7.74. The molecule has 188 valence electrons. The largest absolute Gasteiger partial charge is 0.484 e. The van der Waals surface area contributed by atoms with E-state index in [4.69, 9.17) is 9.72 Å². The molecule has 1 N–H and O–H groups in total. The van der Waals surface area contributed by atoms with Gasteiger partial charge in [-0.1, -0.05) is 31.4 Å². The number of aromatic nitrogens is 2. The van der Waals surface area contributed by atoms with Crippen molar-refractivity contribution in [1.29, 1.82) is 0 Å². The van der Waals surface area contributed by atoms with Gasteiger partial charge in [0, 0.05) is 11.6 Å². The predicted octanol–water partition coefficient (Wildman–Crippen LogP) is 5.48. The standard InChI is InChI=1S/C29H27FN4O3/c30-22-12-14-23(15-13-22)32-27(35)19-37-24-16-10-20(11-17-24)18-31-34-28(21-6-2-1-3-7-21)33-26-9-5-4-8-25(26)29(34)36/h4-5,8-18,21H,1-3,6-7,19H2,(H,32,35). The van der Waals surface area contributed by atoms with Gasteiger partial charge in [-0.2, -0.15) is 9.78 Å². The Morgan fingerprint density at radius 3 is 2.51 bits per heavy atom. The highest BCUT2D eigenvalue weighted by Gasteiger charge is 2.22. The minimum Gasteiger partial charge on any atom is -0.484 e. The number of nitrogens with zero attached hydrogens (tertiary/aromatic N) is 3. The van der Waals surface area contributed by atoms with Crippen molar-refractivity contribution in [2.45, 2.75) is 38.0 Å². The van der Waals surface area contributed by atoms with Crippen LogP contribution in [0.3, 0.4) is 0 Å². The van der Waals surface area contributed by atoms with Crippen LogP contribution < -0.4 is 15.6 Å². The number of hydrogen-bond donors (Lipinski definition) is 1. The zero-order valence-electron chi connectivity index (χ0n) is 20.3. The number of para-hydroxylation sites is 1. The SMILES string of the molecule is O=C(COc1ccc(C=Nn2c(C3CCCCC3)nc3ccccc3c2=O)cc1)Nc1ccc(F)cc1. The van der Waals surface area contributed by atoms with Crippen LogP contribution in [0.25, 0.3) is 10.9 Å². The van der Waals surface area contributed by atoms with E-state index in [0.29, 0.717) is 28.2 Å². The monoisotopic (exact) mass is 498 g/mol. The van der Waals surface area contributed by atoms with Crippen LogP contribution in [0.2, 0.25) is 0 Å². The molecule has 5 rings (SSSR count). The third-order valence-corrected chi connectivity index (χ3v) is 6.45. The summed E-state index contributed by atoms with van der Waals surface area (Å²) < 4.78 is 20.0. The number of carbonyl (C=O) groups is 1. The minimum atomic E-state index is -0.371. The second-order valence-corrected chi connectivity index (χ2v) is 9.10. The van der Waals surface area contributed by atoms with E-state index >= 15 is 0 Å². The quantitative estimate of drug-likeness (QED) is 0.342. The lowest BCUT2D eigenvalue weighted by Crippen LogP contribution is -2.25. The maximum absolute atomic E-state index is 13.3. The molecule has 4 aromatic rings. The summed E-state index contributed by atoms with van der Waals surface area (Å²) >= 11 is 0. The summed E-state index contributed by atoms with van der Waals surface area (Å²) in [7, 11) is 0. The first kappa shape index (κ1) is 24.4. The number of nitrogens with one attached hydrogen (secondary N) is 1. The van der Waals surface area contributed by atoms with Crippen LogP contribution in [0.15, 0.2) is 82.7 Å². The number of ether oxygens (including phenoxy) is 1.